The van der Waals surface area contributed by atoms with E-state index in [2.05, 4.69) is 22.2 Å². The third-order valence-corrected chi connectivity index (χ3v) is 4.85. The van der Waals surface area contributed by atoms with Crippen molar-refractivity contribution in [3.63, 3.8) is 0 Å². The fourth-order valence-corrected chi connectivity index (χ4v) is 3.25. The Labute approximate surface area is 148 Å². The number of aryl methyl sites for hydroxylation is 1. The van der Waals surface area contributed by atoms with Crippen molar-refractivity contribution in [2.24, 2.45) is 5.92 Å². The van der Waals surface area contributed by atoms with Gasteiger partial charge in [-0.05, 0) is 43.0 Å². The van der Waals surface area contributed by atoms with Gasteiger partial charge in [0.25, 0.3) is 0 Å². The van der Waals surface area contributed by atoms with Crippen LogP contribution in [-0.4, -0.2) is 19.8 Å². The van der Waals surface area contributed by atoms with E-state index in [1.165, 1.54) is 6.07 Å². The molecule has 7 nitrogen and oxygen atoms in total. The maximum Gasteiger partial charge on any atom is 0.336 e. The van der Waals surface area contributed by atoms with Crippen molar-refractivity contribution in [2.75, 3.05) is 0 Å². The predicted octanol–water partition coefficient (Wildman–Crippen LogP) is 3.45. The van der Waals surface area contributed by atoms with Gasteiger partial charge in [-0.1, -0.05) is 6.92 Å². The summed E-state index contributed by atoms with van der Waals surface area (Å²) in [6.07, 6.45) is 1.11. The number of ether oxygens (including phenoxy) is 1. The van der Waals surface area contributed by atoms with Crippen molar-refractivity contribution in [3.8, 4) is 11.6 Å². The molecule has 0 amide bonds. The van der Waals surface area contributed by atoms with E-state index in [1.54, 1.807) is 16.6 Å². The maximum atomic E-state index is 11.6. The van der Waals surface area contributed by atoms with Gasteiger partial charge >= 0.3 is 5.63 Å². The normalized spacial score (nSPS) is 19.2. The van der Waals surface area contributed by atoms with Crippen LogP contribution < -0.4 is 10.4 Å². The largest absolute Gasteiger partial charge is 0.437 e. The summed E-state index contributed by atoms with van der Waals surface area (Å²) in [5.74, 6) is 2.87. The molecule has 1 aliphatic carbocycles. The molecule has 5 rings (SSSR count). The summed E-state index contributed by atoms with van der Waals surface area (Å²) in [5, 5.41) is 13.8. The topological polar surface area (TPSA) is 82.5 Å². The van der Waals surface area contributed by atoms with Crippen LogP contribution in [0.4, 0.5) is 0 Å². The van der Waals surface area contributed by atoms with Gasteiger partial charge in [-0.15, -0.1) is 15.3 Å². The fraction of sp³-hybridized carbons (Fsp3) is 0.263. The Kier molecular flexibility index (Phi) is 3.12. The number of hydrogen-bond acceptors (Lipinski definition) is 6. The van der Waals surface area contributed by atoms with Crippen LogP contribution in [0.5, 0.6) is 11.6 Å². The molecule has 26 heavy (non-hydrogen) atoms. The van der Waals surface area contributed by atoms with Gasteiger partial charge in [0.1, 0.15) is 11.3 Å². The van der Waals surface area contributed by atoms with Gasteiger partial charge in [0, 0.05) is 29.5 Å². The van der Waals surface area contributed by atoms with Crippen molar-refractivity contribution >= 4 is 16.6 Å². The molecule has 3 heterocycles. The highest BCUT2D eigenvalue weighted by molar-refractivity contribution is 5.81. The first kappa shape index (κ1) is 15.1. The Morgan fingerprint density at radius 3 is 2.85 bits per heavy atom. The molecule has 0 aliphatic heterocycles. The summed E-state index contributed by atoms with van der Waals surface area (Å²) in [6.45, 7) is 4.07. The second-order valence-electron chi connectivity index (χ2n) is 6.83. The molecule has 0 bridgehead atoms. The molecule has 7 heteroatoms. The van der Waals surface area contributed by atoms with Crippen LogP contribution >= 0.6 is 0 Å². The standard InChI is InChI=1S/C19H16N4O3/c1-10-7-14(10)19-21-20-16-5-6-17(22-23(16)19)25-12-3-4-13-11(2)8-18(24)26-15(13)9-12/h3-6,8-10,14H,7H2,1-2H3. The smallest absolute Gasteiger partial charge is 0.336 e. The molecular weight excluding hydrogens is 332 g/mol. The Morgan fingerprint density at radius 1 is 1.19 bits per heavy atom. The van der Waals surface area contributed by atoms with Crippen LogP contribution in [0.25, 0.3) is 16.6 Å². The number of aromatic nitrogens is 4. The lowest BCUT2D eigenvalue weighted by molar-refractivity contribution is 0.449. The fourth-order valence-electron chi connectivity index (χ4n) is 3.25. The Morgan fingerprint density at radius 2 is 2.04 bits per heavy atom. The summed E-state index contributed by atoms with van der Waals surface area (Å²) in [7, 11) is 0. The van der Waals surface area contributed by atoms with Crippen molar-refractivity contribution in [1.29, 1.82) is 0 Å². The first-order chi connectivity index (χ1) is 12.6. The third kappa shape index (κ3) is 2.44. The number of rotatable bonds is 3. The molecule has 4 aromatic rings. The molecule has 3 aromatic heterocycles. The van der Waals surface area contributed by atoms with E-state index in [1.807, 2.05) is 25.1 Å². The molecule has 130 valence electrons. The van der Waals surface area contributed by atoms with E-state index < -0.39 is 0 Å². The molecule has 1 aliphatic rings. The lowest BCUT2D eigenvalue weighted by Gasteiger charge is -2.07. The quantitative estimate of drug-likeness (QED) is 0.527. The second kappa shape index (κ2) is 5.39. The van der Waals surface area contributed by atoms with Crippen LogP contribution in [0, 0.1) is 12.8 Å². The zero-order valence-electron chi connectivity index (χ0n) is 14.3. The van der Waals surface area contributed by atoms with Crippen LogP contribution in [0.2, 0.25) is 0 Å². The average Bonchev–Trinajstić information content (AvgIpc) is 3.18. The molecule has 1 saturated carbocycles. The highest BCUT2D eigenvalue weighted by atomic mass is 16.5. The first-order valence-corrected chi connectivity index (χ1v) is 8.53. The zero-order valence-corrected chi connectivity index (χ0v) is 14.3. The minimum Gasteiger partial charge on any atom is -0.437 e. The van der Waals surface area contributed by atoms with Crippen LogP contribution in [-0.2, 0) is 0 Å². The monoisotopic (exact) mass is 348 g/mol. The van der Waals surface area contributed by atoms with Gasteiger partial charge < -0.3 is 9.15 Å². The first-order valence-electron chi connectivity index (χ1n) is 8.53. The molecule has 0 saturated heterocycles. The summed E-state index contributed by atoms with van der Waals surface area (Å²) >= 11 is 0. The zero-order chi connectivity index (χ0) is 17.8. The van der Waals surface area contributed by atoms with Crippen molar-refractivity contribution < 1.29 is 9.15 Å². The van der Waals surface area contributed by atoms with Crippen molar-refractivity contribution in [3.05, 3.63) is 58.2 Å². The Hall–Kier alpha value is -3.22. The van der Waals surface area contributed by atoms with Gasteiger partial charge in [-0.3, -0.25) is 0 Å². The summed E-state index contributed by atoms with van der Waals surface area (Å²) in [4.78, 5) is 11.6. The molecule has 2 unspecified atom stereocenters. The summed E-state index contributed by atoms with van der Waals surface area (Å²) in [5.41, 5.74) is 1.69. The lowest BCUT2D eigenvalue weighted by Crippen LogP contribution is -2.00. The van der Waals surface area contributed by atoms with E-state index in [0.717, 1.165) is 23.2 Å². The maximum absolute atomic E-state index is 11.6. The van der Waals surface area contributed by atoms with Crippen LogP contribution in [0.3, 0.4) is 0 Å². The molecule has 1 fully saturated rings. The average molecular weight is 348 g/mol. The highest BCUT2D eigenvalue weighted by Crippen LogP contribution is 2.45. The third-order valence-electron chi connectivity index (χ3n) is 4.85. The number of hydrogen-bond donors (Lipinski definition) is 0. The Balaban J connectivity index is 1.52. The predicted molar refractivity (Wildman–Crippen MR) is 94.6 cm³/mol. The van der Waals surface area contributed by atoms with Crippen LogP contribution in [0.1, 0.15) is 30.7 Å². The van der Waals surface area contributed by atoms with E-state index in [4.69, 9.17) is 9.15 Å². The molecular formula is C19H16N4O3. The van der Waals surface area contributed by atoms with Crippen molar-refractivity contribution in [2.45, 2.75) is 26.2 Å². The number of fused-ring (bicyclic) bond motifs is 2. The van der Waals surface area contributed by atoms with E-state index in [9.17, 15) is 4.79 Å². The second-order valence-corrected chi connectivity index (χ2v) is 6.83. The highest BCUT2D eigenvalue weighted by Gasteiger charge is 2.38. The minimum atomic E-state index is -0.376. The molecule has 1 aromatic carbocycles. The van der Waals surface area contributed by atoms with E-state index >= 15 is 0 Å². The van der Waals surface area contributed by atoms with Gasteiger partial charge in [-0.2, -0.15) is 4.52 Å². The molecule has 0 spiro atoms. The summed E-state index contributed by atoms with van der Waals surface area (Å²) < 4.78 is 12.9. The molecule has 0 N–H and O–H groups in total. The minimum absolute atomic E-state index is 0.376. The van der Waals surface area contributed by atoms with Gasteiger partial charge in [0.05, 0.1) is 0 Å². The summed E-state index contributed by atoms with van der Waals surface area (Å²) in [6, 6.07) is 10.5. The number of benzene rings is 1. The number of nitrogens with zero attached hydrogens (tertiary/aromatic N) is 4. The van der Waals surface area contributed by atoms with Crippen molar-refractivity contribution in [1.82, 2.24) is 19.8 Å². The van der Waals surface area contributed by atoms with Crippen LogP contribution in [0.15, 0.2) is 45.6 Å². The van der Waals surface area contributed by atoms with E-state index in [0.29, 0.717) is 34.7 Å². The molecule has 0 radical (unpaired) electrons. The lowest BCUT2D eigenvalue weighted by atomic mass is 10.1. The Bertz CT molecular complexity index is 1210. The SMILES string of the molecule is Cc1cc(=O)oc2cc(Oc3ccc4nnc(C5CC5C)n4n3)ccc12. The van der Waals surface area contributed by atoms with E-state index in [-0.39, 0.29) is 5.63 Å². The van der Waals surface area contributed by atoms with Gasteiger partial charge in [0.15, 0.2) is 11.5 Å². The van der Waals surface area contributed by atoms with Gasteiger partial charge in [0.2, 0.25) is 5.88 Å². The molecule has 2 atom stereocenters. The van der Waals surface area contributed by atoms with Gasteiger partial charge in [-0.25, -0.2) is 4.79 Å².